The number of hydrogen-bond donors (Lipinski definition) is 1. The Morgan fingerprint density at radius 2 is 2.05 bits per heavy atom. The summed E-state index contributed by atoms with van der Waals surface area (Å²) in [5.41, 5.74) is 1.10. The molecule has 0 unspecified atom stereocenters. The third kappa shape index (κ3) is 4.99. The summed E-state index contributed by atoms with van der Waals surface area (Å²) in [6.07, 6.45) is 4.81. The molecule has 22 heavy (non-hydrogen) atoms. The average Bonchev–Trinajstić information content (AvgIpc) is 2.89. The zero-order chi connectivity index (χ0) is 15.9. The summed E-state index contributed by atoms with van der Waals surface area (Å²) in [6, 6.07) is 5.66. The molecule has 0 aliphatic heterocycles. The number of halogens is 2. The van der Waals surface area contributed by atoms with E-state index in [9.17, 15) is 5.11 Å². The first kappa shape index (κ1) is 17.3. The Balaban J connectivity index is 1.89. The molecule has 0 spiro atoms. The first-order chi connectivity index (χ1) is 10.6. The lowest BCUT2D eigenvalue weighted by Crippen LogP contribution is -2.28. The summed E-state index contributed by atoms with van der Waals surface area (Å²) in [4.78, 5) is 6.43. The van der Waals surface area contributed by atoms with Crippen LogP contribution >= 0.6 is 23.2 Å². The van der Waals surface area contributed by atoms with Crippen molar-refractivity contribution in [1.82, 2.24) is 14.5 Å². The van der Waals surface area contributed by atoms with Crippen LogP contribution < -0.4 is 0 Å². The molecule has 6 heteroatoms. The molecule has 0 aliphatic rings. The smallest absolute Gasteiger partial charge is 0.105 e. The van der Waals surface area contributed by atoms with Crippen molar-refractivity contribution in [1.29, 1.82) is 0 Å². The van der Waals surface area contributed by atoms with E-state index in [1.54, 1.807) is 0 Å². The van der Waals surface area contributed by atoms with Crippen molar-refractivity contribution in [3.05, 3.63) is 52.0 Å². The topological polar surface area (TPSA) is 41.3 Å². The molecule has 1 N–H and O–H groups in total. The van der Waals surface area contributed by atoms with E-state index >= 15 is 0 Å². The Bertz CT molecular complexity index is 601. The van der Waals surface area contributed by atoms with Crippen molar-refractivity contribution in [2.45, 2.75) is 26.4 Å². The molecule has 2 rings (SSSR count). The second-order valence-electron chi connectivity index (χ2n) is 5.27. The van der Waals surface area contributed by atoms with Gasteiger partial charge < -0.3 is 9.67 Å². The molecule has 1 heterocycles. The average molecular weight is 342 g/mol. The molecule has 0 bridgehead atoms. The number of imidazole rings is 1. The van der Waals surface area contributed by atoms with Crippen molar-refractivity contribution in [2.24, 2.45) is 0 Å². The van der Waals surface area contributed by atoms with Gasteiger partial charge in [0.05, 0.1) is 16.7 Å². The van der Waals surface area contributed by atoms with Gasteiger partial charge in [-0.05, 0) is 31.0 Å². The Kier molecular flexibility index (Phi) is 6.70. The molecule has 0 atom stereocenters. The van der Waals surface area contributed by atoms with Crippen molar-refractivity contribution < 1.29 is 5.11 Å². The lowest BCUT2D eigenvalue weighted by atomic mass is 10.2. The number of aromatic nitrogens is 2. The molecule has 4 nitrogen and oxygen atoms in total. The summed E-state index contributed by atoms with van der Waals surface area (Å²) >= 11 is 12.0. The SMILES string of the molecule is Cc1nccn1CCCN(CCO)Cc1ccc(Cl)c(Cl)c1. The highest BCUT2D eigenvalue weighted by molar-refractivity contribution is 6.42. The number of aliphatic hydroxyl groups excluding tert-OH is 1. The molecule has 0 saturated carbocycles. The molecule has 0 radical (unpaired) electrons. The van der Waals surface area contributed by atoms with Gasteiger partial charge in [-0.3, -0.25) is 4.90 Å². The van der Waals surface area contributed by atoms with Gasteiger partial charge in [0.25, 0.3) is 0 Å². The Morgan fingerprint density at radius 3 is 2.68 bits per heavy atom. The zero-order valence-electron chi connectivity index (χ0n) is 12.7. The molecule has 0 aliphatic carbocycles. The van der Waals surface area contributed by atoms with E-state index in [-0.39, 0.29) is 6.61 Å². The van der Waals surface area contributed by atoms with E-state index in [2.05, 4.69) is 14.5 Å². The summed E-state index contributed by atoms with van der Waals surface area (Å²) in [6.45, 7) is 5.36. The van der Waals surface area contributed by atoms with Gasteiger partial charge in [0, 0.05) is 38.6 Å². The highest BCUT2D eigenvalue weighted by Gasteiger charge is 2.08. The zero-order valence-corrected chi connectivity index (χ0v) is 14.2. The number of rotatable bonds is 8. The van der Waals surface area contributed by atoms with E-state index in [0.717, 1.165) is 37.4 Å². The summed E-state index contributed by atoms with van der Waals surface area (Å²) < 4.78 is 2.14. The van der Waals surface area contributed by atoms with Gasteiger partial charge in [0.2, 0.25) is 0 Å². The van der Waals surface area contributed by atoms with Crippen LogP contribution in [-0.4, -0.2) is 39.3 Å². The first-order valence-electron chi connectivity index (χ1n) is 7.35. The Hall–Kier alpha value is -1.07. The molecular weight excluding hydrogens is 321 g/mol. The highest BCUT2D eigenvalue weighted by atomic mass is 35.5. The van der Waals surface area contributed by atoms with Crippen LogP contribution in [0.3, 0.4) is 0 Å². The molecular formula is C16H21Cl2N3O. The predicted molar refractivity (Wildman–Crippen MR) is 90.4 cm³/mol. The van der Waals surface area contributed by atoms with Crippen LogP contribution in [0.2, 0.25) is 10.0 Å². The quantitative estimate of drug-likeness (QED) is 0.800. The van der Waals surface area contributed by atoms with Crippen LogP contribution in [0.5, 0.6) is 0 Å². The van der Waals surface area contributed by atoms with Crippen molar-refractivity contribution in [3.63, 3.8) is 0 Å². The van der Waals surface area contributed by atoms with Crippen LogP contribution in [0, 0.1) is 6.92 Å². The van der Waals surface area contributed by atoms with E-state index in [0.29, 0.717) is 16.6 Å². The number of nitrogens with zero attached hydrogens (tertiary/aromatic N) is 3. The van der Waals surface area contributed by atoms with Crippen LogP contribution in [0.15, 0.2) is 30.6 Å². The largest absolute Gasteiger partial charge is 0.395 e. The minimum atomic E-state index is 0.144. The van der Waals surface area contributed by atoms with Gasteiger partial charge in [-0.25, -0.2) is 4.98 Å². The van der Waals surface area contributed by atoms with E-state index in [4.69, 9.17) is 23.2 Å². The normalized spacial score (nSPS) is 11.3. The maximum atomic E-state index is 9.24. The van der Waals surface area contributed by atoms with E-state index < -0.39 is 0 Å². The first-order valence-corrected chi connectivity index (χ1v) is 8.10. The molecule has 1 aromatic carbocycles. The van der Waals surface area contributed by atoms with E-state index in [1.165, 1.54) is 0 Å². The van der Waals surface area contributed by atoms with Crippen LogP contribution in [0.4, 0.5) is 0 Å². The standard InChI is InChI=1S/C16H21Cl2N3O/c1-13-19-5-8-21(13)7-2-6-20(9-10-22)12-14-3-4-15(17)16(18)11-14/h3-5,8,11,22H,2,6-7,9-10,12H2,1H3. The molecule has 0 saturated heterocycles. The minimum Gasteiger partial charge on any atom is -0.395 e. The number of benzene rings is 1. The van der Waals surface area contributed by atoms with Gasteiger partial charge in [-0.15, -0.1) is 0 Å². The monoisotopic (exact) mass is 341 g/mol. The predicted octanol–water partition coefficient (Wildman–Crippen LogP) is 3.38. The summed E-state index contributed by atoms with van der Waals surface area (Å²) in [5.74, 6) is 1.03. The lowest BCUT2D eigenvalue weighted by Gasteiger charge is -2.22. The van der Waals surface area contributed by atoms with E-state index in [1.807, 2.05) is 37.5 Å². The number of aryl methyl sites for hydroxylation is 2. The van der Waals surface area contributed by atoms with Crippen LogP contribution in [0.25, 0.3) is 0 Å². The Morgan fingerprint density at radius 1 is 1.23 bits per heavy atom. The fraction of sp³-hybridized carbons (Fsp3) is 0.438. The number of aliphatic hydroxyl groups is 1. The second kappa shape index (κ2) is 8.53. The highest BCUT2D eigenvalue weighted by Crippen LogP contribution is 2.23. The van der Waals surface area contributed by atoms with Gasteiger partial charge in [-0.2, -0.15) is 0 Å². The van der Waals surface area contributed by atoms with Crippen molar-refractivity contribution >= 4 is 23.2 Å². The van der Waals surface area contributed by atoms with Crippen molar-refractivity contribution in [2.75, 3.05) is 19.7 Å². The third-order valence-corrected chi connectivity index (χ3v) is 4.34. The van der Waals surface area contributed by atoms with Gasteiger partial charge in [0.15, 0.2) is 0 Å². The summed E-state index contributed by atoms with van der Waals surface area (Å²) in [7, 11) is 0. The van der Waals surface area contributed by atoms with Gasteiger partial charge in [0.1, 0.15) is 5.82 Å². The second-order valence-corrected chi connectivity index (χ2v) is 6.08. The maximum absolute atomic E-state index is 9.24. The molecule has 120 valence electrons. The van der Waals surface area contributed by atoms with Gasteiger partial charge >= 0.3 is 0 Å². The summed E-state index contributed by atoms with van der Waals surface area (Å²) in [5, 5.41) is 10.4. The van der Waals surface area contributed by atoms with Crippen LogP contribution in [-0.2, 0) is 13.1 Å². The van der Waals surface area contributed by atoms with Gasteiger partial charge in [-0.1, -0.05) is 29.3 Å². The van der Waals surface area contributed by atoms with Crippen LogP contribution in [0.1, 0.15) is 17.8 Å². The Labute approximate surface area is 141 Å². The fourth-order valence-corrected chi connectivity index (χ4v) is 2.73. The maximum Gasteiger partial charge on any atom is 0.105 e. The molecule has 0 fully saturated rings. The molecule has 0 amide bonds. The van der Waals surface area contributed by atoms with Crippen molar-refractivity contribution in [3.8, 4) is 0 Å². The minimum absolute atomic E-state index is 0.144. The lowest BCUT2D eigenvalue weighted by molar-refractivity contribution is 0.186. The number of hydrogen-bond acceptors (Lipinski definition) is 3. The fourth-order valence-electron chi connectivity index (χ4n) is 2.41. The molecule has 2 aromatic rings. The molecule has 1 aromatic heterocycles. The third-order valence-electron chi connectivity index (χ3n) is 3.60.